The van der Waals surface area contributed by atoms with E-state index in [2.05, 4.69) is 0 Å². The maximum Gasteiger partial charge on any atom is 0.328 e. The monoisotopic (exact) mass is 331 g/mol. The zero-order chi connectivity index (χ0) is 15.8. The molecule has 5 nitrogen and oxygen atoms in total. The second-order valence-electron chi connectivity index (χ2n) is 5.06. The van der Waals surface area contributed by atoms with Crippen molar-refractivity contribution >= 4 is 27.4 Å². The molecule has 1 aliphatic carbocycles. The molecule has 1 saturated carbocycles. The minimum absolute atomic E-state index is 0.0763. The molecule has 0 aliphatic heterocycles. The van der Waals surface area contributed by atoms with Crippen LogP contribution in [0.25, 0.3) is 0 Å². The summed E-state index contributed by atoms with van der Waals surface area (Å²) in [6.07, 6.45) is 0. The number of ether oxygens (including phenoxy) is 1. The van der Waals surface area contributed by atoms with Crippen molar-refractivity contribution in [3.05, 3.63) is 34.9 Å². The van der Waals surface area contributed by atoms with Gasteiger partial charge in [0.05, 0.1) is 11.9 Å². The fraction of sp³-hybridized carbons (Fsp3) is 0.500. The number of hydrogen-bond acceptors (Lipinski definition) is 5. The van der Waals surface area contributed by atoms with E-state index in [-0.39, 0.29) is 12.4 Å². The fourth-order valence-electron chi connectivity index (χ4n) is 2.71. The van der Waals surface area contributed by atoms with Gasteiger partial charge >= 0.3 is 5.97 Å². The SMILES string of the molecule is CCOC(=O)[C@]1(N)[C@H](c2cccc(Cl)c2)[C@@H]1S(=O)(=O)CC. The van der Waals surface area contributed by atoms with Crippen molar-refractivity contribution in [1.29, 1.82) is 0 Å². The Balaban J connectivity index is 2.45. The predicted octanol–water partition coefficient (Wildman–Crippen LogP) is 1.50. The maximum absolute atomic E-state index is 12.2. The topological polar surface area (TPSA) is 86.5 Å². The molecule has 1 aromatic rings. The second-order valence-corrected chi connectivity index (χ2v) is 7.91. The Morgan fingerprint density at radius 1 is 1.43 bits per heavy atom. The normalized spacial score (nSPS) is 28.2. The first-order valence-electron chi connectivity index (χ1n) is 6.72. The third-order valence-corrected chi connectivity index (χ3v) is 6.28. The Kier molecular flexibility index (Phi) is 4.33. The van der Waals surface area contributed by atoms with Crippen LogP contribution in [0.15, 0.2) is 24.3 Å². The molecular formula is C14H18ClNO4S. The van der Waals surface area contributed by atoms with Gasteiger partial charge in [-0.25, -0.2) is 13.2 Å². The van der Waals surface area contributed by atoms with Gasteiger partial charge in [0.1, 0.15) is 5.54 Å². The average Bonchev–Trinajstić information content (AvgIpc) is 3.08. The van der Waals surface area contributed by atoms with Crippen LogP contribution in [-0.4, -0.2) is 37.5 Å². The minimum atomic E-state index is -3.48. The molecular weight excluding hydrogens is 314 g/mol. The number of halogens is 1. The largest absolute Gasteiger partial charge is 0.465 e. The van der Waals surface area contributed by atoms with Crippen molar-refractivity contribution in [3.63, 3.8) is 0 Å². The average molecular weight is 332 g/mol. The summed E-state index contributed by atoms with van der Waals surface area (Å²) < 4.78 is 29.4. The van der Waals surface area contributed by atoms with E-state index in [0.29, 0.717) is 10.6 Å². The van der Waals surface area contributed by atoms with Crippen LogP contribution in [0.2, 0.25) is 5.02 Å². The van der Waals surface area contributed by atoms with Crippen LogP contribution in [0.4, 0.5) is 0 Å². The lowest BCUT2D eigenvalue weighted by molar-refractivity contribution is -0.145. The van der Waals surface area contributed by atoms with Crippen molar-refractivity contribution in [2.45, 2.75) is 30.6 Å². The lowest BCUT2D eigenvalue weighted by atomic mass is 10.1. The molecule has 0 spiro atoms. The lowest BCUT2D eigenvalue weighted by Gasteiger charge is -2.11. The minimum Gasteiger partial charge on any atom is -0.465 e. The summed E-state index contributed by atoms with van der Waals surface area (Å²) >= 11 is 5.94. The highest BCUT2D eigenvalue weighted by atomic mass is 35.5. The van der Waals surface area contributed by atoms with E-state index < -0.39 is 32.5 Å². The van der Waals surface area contributed by atoms with Gasteiger partial charge in [-0.1, -0.05) is 30.7 Å². The van der Waals surface area contributed by atoms with Crippen LogP contribution >= 0.6 is 11.6 Å². The first kappa shape index (κ1) is 16.3. The molecule has 0 heterocycles. The van der Waals surface area contributed by atoms with Crippen molar-refractivity contribution in [3.8, 4) is 0 Å². The van der Waals surface area contributed by atoms with E-state index in [4.69, 9.17) is 22.1 Å². The molecule has 0 saturated heterocycles. The molecule has 21 heavy (non-hydrogen) atoms. The number of benzene rings is 1. The number of esters is 1. The van der Waals surface area contributed by atoms with Gasteiger partial charge in [0, 0.05) is 16.7 Å². The number of carbonyl (C=O) groups excluding carboxylic acids is 1. The van der Waals surface area contributed by atoms with Crippen molar-refractivity contribution in [2.24, 2.45) is 5.73 Å². The van der Waals surface area contributed by atoms with Crippen LogP contribution in [0, 0.1) is 0 Å². The molecule has 7 heteroatoms. The first-order chi connectivity index (χ1) is 9.79. The van der Waals surface area contributed by atoms with Crippen molar-refractivity contribution in [1.82, 2.24) is 0 Å². The van der Waals surface area contributed by atoms with Crippen molar-refractivity contribution in [2.75, 3.05) is 12.4 Å². The standard InChI is InChI=1S/C14H18ClNO4S/c1-3-20-13(17)14(16)11(12(14)21(18,19)4-2)9-6-5-7-10(15)8-9/h5-8,11-12H,3-4,16H2,1-2H3/t11-,12+,14+/m1/s1. The summed E-state index contributed by atoms with van der Waals surface area (Å²) in [5.41, 5.74) is 5.22. The summed E-state index contributed by atoms with van der Waals surface area (Å²) in [5, 5.41) is -0.495. The smallest absolute Gasteiger partial charge is 0.328 e. The maximum atomic E-state index is 12.2. The molecule has 1 aliphatic rings. The van der Waals surface area contributed by atoms with Gasteiger partial charge in [0.2, 0.25) is 0 Å². The van der Waals surface area contributed by atoms with Crippen LogP contribution in [0.3, 0.4) is 0 Å². The molecule has 0 radical (unpaired) electrons. The van der Waals surface area contributed by atoms with Gasteiger partial charge in [-0.05, 0) is 24.6 Å². The van der Waals surface area contributed by atoms with E-state index in [1.54, 1.807) is 31.2 Å². The molecule has 1 fully saturated rings. The molecule has 2 rings (SSSR count). The number of nitrogens with two attached hydrogens (primary N) is 1. The highest BCUT2D eigenvalue weighted by Gasteiger charge is 2.74. The Morgan fingerprint density at radius 3 is 2.62 bits per heavy atom. The molecule has 0 bridgehead atoms. The Hall–Kier alpha value is -1.11. The van der Waals surface area contributed by atoms with Crippen LogP contribution in [-0.2, 0) is 19.4 Å². The molecule has 0 aromatic heterocycles. The fourth-order valence-corrected chi connectivity index (χ4v) is 4.82. The van der Waals surface area contributed by atoms with Gasteiger partial charge in [-0.2, -0.15) is 0 Å². The van der Waals surface area contributed by atoms with Gasteiger partial charge < -0.3 is 10.5 Å². The highest BCUT2D eigenvalue weighted by molar-refractivity contribution is 7.92. The summed E-state index contributed by atoms with van der Waals surface area (Å²) in [6.45, 7) is 3.34. The van der Waals surface area contributed by atoms with Crippen LogP contribution in [0.5, 0.6) is 0 Å². The number of sulfone groups is 1. The van der Waals surface area contributed by atoms with E-state index in [1.165, 1.54) is 6.92 Å². The van der Waals surface area contributed by atoms with Crippen LogP contribution in [0.1, 0.15) is 25.3 Å². The first-order valence-corrected chi connectivity index (χ1v) is 8.81. The zero-order valence-corrected chi connectivity index (χ0v) is 13.4. The molecule has 3 atom stereocenters. The van der Waals surface area contributed by atoms with E-state index in [0.717, 1.165) is 0 Å². The second kappa shape index (κ2) is 5.59. The third-order valence-electron chi connectivity index (χ3n) is 3.81. The van der Waals surface area contributed by atoms with Gasteiger partial charge in [-0.3, -0.25) is 0 Å². The lowest BCUT2D eigenvalue weighted by Crippen LogP contribution is -2.41. The van der Waals surface area contributed by atoms with Crippen LogP contribution < -0.4 is 5.73 Å². The van der Waals surface area contributed by atoms with Gasteiger partial charge in [0.25, 0.3) is 0 Å². The van der Waals surface area contributed by atoms with E-state index >= 15 is 0 Å². The summed E-state index contributed by atoms with van der Waals surface area (Å²) in [5.74, 6) is -1.38. The zero-order valence-electron chi connectivity index (χ0n) is 11.9. The van der Waals surface area contributed by atoms with Gasteiger partial charge in [-0.15, -0.1) is 0 Å². The molecule has 0 amide bonds. The van der Waals surface area contributed by atoms with E-state index in [9.17, 15) is 13.2 Å². The quantitative estimate of drug-likeness (QED) is 0.826. The Morgan fingerprint density at radius 2 is 2.10 bits per heavy atom. The molecule has 1 aromatic carbocycles. The van der Waals surface area contributed by atoms with Gasteiger partial charge in [0.15, 0.2) is 9.84 Å². The molecule has 2 N–H and O–H groups in total. The molecule has 0 unspecified atom stereocenters. The molecule has 116 valence electrons. The number of carbonyl (C=O) groups is 1. The third kappa shape index (κ3) is 2.67. The Labute approximate surface area is 129 Å². The number of rotatable bonds is 5. The Bertz CT molecular complexity index is 661. The number of hydrogen-bond donors (Lipinski definition) is 1. The highest BCUT2D eigenvalue weighted by Crippen LogP contribution is 2.55. The summed E-state index contributed by atoms with van der Waals surface area (Å²) in [7, 11) is -3.48. The van der Waals surface area contributed by atoms with E-state index in [1.807, 2.05) is 0 Å². The summed E-state index contributed by atoms with van der Waals surface area (Å²) in [6, 6.07) is 6.75. The predicted molar refractivity (Wildman–Crippen MR) is 81.0 cm³/mol. The van der Waals surface area contributed by atoms with Crippen molar-refractivity contribution < 1.29 is 17.9 Å². The summed E-state index contributed by atoms with van der Waals surface area (Å²) in [4.78, 5) is 12.1.